The smallest absolute Gasteiger partial charge is 0.101 e. The first-order valence-electron chi connectivity index (χ1n) is 7.50. The highest BCUT2D eigenvalue weighted by molar-refractivity contribution is 5.56. The average Bonchev–Trinajstić information content (AvgIpc) is 2.49. The second-order valence-corrected chi connectivity index (χ2v) is 5.03. The minimum Gasteiger partial charge on any atom is -0.385 e. The van der Waals surface area contributed by atoms with Crippen molar-refractivity contribution in [3.8, 4) is 12.1 Å². The minimum atomic E-state index is 0.439. The first-order chi connectivity index (χ1) is 9.81. The Labute approximate surface area is 122 Å². The van der Waals surface area contributed by atoms with Gasteiger partial charge in [-0.25, -0.2) is 0 Å². The Bertz CT molecular complexity index is 480. The van der Waals surface area contributed by atoms with Crippen LogP contribution in [0.1, 0.15) is 63.0 Å². The van der Waals surface area contributed by atoms with Gasteiger partial charge in [-0.2, -0.15) is 10.5 Å². The lowest BCUT2D eigenvalue weighted by atomic mass is 10.1. The summed E-state index contributed by atoms with van der Waals surface area (Å²) < 4.78 is 0. The summed E-state index contributed by atoms with van der Waals surface area (Å²) in [6.07, 6.45) is 9.03. The van der Waals surface area contributed by atoms with Crippen LogP contribution in [-0.4, -0.2) is 6.54 Å². The van der Waals surface area contributed by atoms with Crippen molar-refractivity contribution in [2.75, 3.05) is 11.9 Å². The summed E-state index contributed by atoms with van der Waals surface area (Å²) in [7, 11) is 0. The van der Waals surface area contributed by atoms with Crippen molar-refractivity contribution < 1.29 is 0 Å². The predicted octanol–water partition coefficient (Wildman–Crippen LogP) is 4.59. The Hall–Kier alpha value is -2.00. The molecule has 1 rings (SSSR count). The second-order valence-electron chi connectivity index (χ2n) is 5.03. The monoisotopic (exact) mass is 269 g/mol. The van der Waals surface area contributed by atoms with Crippen molar-refractivity contribution in [2.45, 2.75) is 51.9 Å². The van der Waals surface area contributed by atoms with Crippen LogP contribution in [-0.2, 0) is 0 Å². The van der Waals surface area contributed by atoms with Crippen molar-refractivity contribution >= 4 is 5.69 Å². The molecule has 0 bridgehead atoms. The highest BCUT2D eigenvalue weighted by Crippen LogP contribution is 2.15. The number of hydrogen-bond acceptors (Lipinski definition) is 3. The van der Waals surface area contributed by atoms with Gasteiger partial charge in [-0.1, -0.05) is 45.4 Å². The normalized spacial score (nSPS) is 9.75. The van der Waals surface area contributed by atoms with Crippen molar-refractivity contribution in [3.05, 3.63) is 29.3 Å². The quantitative estimate of drug-likeness (QED) is 0.667. The van der Waals surface area contributed by atoms with Crippen LogP contribution in [0.15, 0.2) is 18.2 Å². The van der Waals surface area contributed by atoms with Gasteiger partial charge in [-0.15, -0.1) is 0 Å². The largest absolute Gasteiger partial charge is 0.385 e. The van der Waals surface area contributed by atoms with Gasteiger partial charge in [0.25, 0.3) is 0 Å². The van der Waals surface area contributed by atoms with Crippen LogP contribution in [0.5, 0.6) is 0 Å². The van der Waals surface area contributed by atoms with E-state index in [4.69, 9.17) is 10.5 Å². The van der Waals surface area contributed by atoms with E-state index in [-0.39, 0.29) is 0 Å². The third-order valence-corrected chi connectivity index (χ3v) is 3.37. The summed E-state index contributed by atoms with van der Waals surface area (Å²) in [5.74, 6) is 0. The van der Waals surface area contributed by atoms with Gasteiger partial charge in [0.15, 0.2) is 0 Å². The summed E-state index contributed by atoms with van der Waals surface area (Å²) in [6.45, 7) is 3.15. The van der Waals surface area contributed by atoms with Gasteiger partial charge in [-0.3, -0.25) is 0 Å². The van der Waals surface area contributed by atoms with Crippen LogP contribution in [0.2, 0.25) is 0 Å². The minimum absolute atomic E-state index is 0.439. The fraction of sp³-hybridized carbons (Fsp3) is 0.529. The molecule has 0 unspecified atom stereocenters. The molecule has 3 nitrogen and oxygen atoms in total. The Morgan fingerprint density at radius 3 is 2.20 bits per heavy atom. The SMILES string of the molecule is CCCCCCCCCNc1ccc(C#N)c(C#N)c1. The number of anilines is 1. The molecule has 0 saturated heterocycles. The van der Waals surface area contributed by atoms with E-state index in [1.165, 1.54) is 38.5 Å². The maximum absolute atomic E-state index is 8.96. The first-order valence-corrected chi connectivity index (χ1v) is 7.50. The van der Waals surface area contributed by atoms with Gasteiger partial charge in [-0.05, 0) is 24.6 Å². The predicted molar refractivity (Wildman–Crippen MR) is 82.4 cm³/mol. The topological polar surface area (TPSA) is 59.6 Å². The molecule has 1 aromatic carbocycles. The molecule has 20 heavy (non-hydrogen) atoms. The number of unbranched alkanes of at least 4 members (excludes halogenated alkanes) is 6. The lowest BCUT2D eigenvalue weighted by Gasteiger charge is -2.07. The van der Waals surface area contributed by atoms with E-state index in [0.29, 0.717) is 11.1 Å². The van der Waals surface area contributed by atoms with Gasteiger partial charge in [0.1, 0.15) is 12.1 Å². The highest BCUT2D eigenvalue weighted by Gasteiger charge is 2.02. The molecule has 0 heterocycles. The molecule has 0 aliphatic carbocycles. The van der Waals surface area contributed by atoms with E-state index in [2.05, 4.69) is 18.3 Å². The molecule has 0 radical (unpaired) electrons. The molecule has 1 N–H and O–H groups in total. The Morgan fingerprint density at radius 2 is 1.55 bits per heavy atom. The molecular weight excluding hydrogens is 246 g/mol. The van der Waals surface area contributed by atoms with Gasteiger partial charge in [0, 0.05) is 12.2 Å². The Kier molecular flexibility index (Phi) is 7.92. The molecule has 0 aromatic heterocycles. The third kappa shape index (κ3) is 5.76. The highest BCUT2D eigenvalue weighted by atomic mass is 14.9. The summed E-state index contributed by atoms with van der Waals surface area (Å²) in [4.78, 5) is 0. The van der Waals surface area contributed by atoms with E-state index >= 15 is 0 Å². The van der Waals surface area contributed by atoms with Crippen molar-refractivity contribution in [1.29, 1.82) is 10.5 Å². The van der Waals surface area contributed by atoms with E-state index in [1.54, 1.807) is 12.1 Å². The molecule has 0 amide bonds. The molecule has 0 atom stereocenters. The second kappa shape index (κ2) is 9.87. The van der Waals surface area contributed by atoms with Crippen LogP contribution in [0.25, 0.3) is 0 Å². The van der Waals surface area contributed by atoms with E-state index < -0.39 is 0 Å². The summed E-state index contributed by atoms with van der Waals surface area (Å²) in [5.41, 5.74) is 1.80. The Morgan fingerprint density at radius 1 is 0.900 bits per heavy atom. The van der Waals surface area contributed by atoms with Crippen molar-refractivity contribution in [1.82, 2.24) is 0 Å². The number of nitrogens with zero attached hydrogens (tertiary/aromatic N) is 2. The zero-order chi connectivity index (χ0) is 14.6. The zero-order valence-electron chi connectivity index (χ0n) is 12.3. The molecular formula is C17H23N3. The summed E-state index contributed by atoms with van der Waals surface area (Å²) in [6, 6.07) is 9.39. The summed E-state index contributed by atoms with van der Waals surface area (Å²) >= 11 is 0. The standard InChI is InChI=1S/C17H23N3/c1-2-3-4-5-6-7-8-11-20-17-10-9-15(13-18)16(12-17)14-19/h9-10,12,20H,2-8,11H2,1H3. The molecule has 0 aliphatic rings. The molecule has 3 heteroatoms. The van der Waals surface area contributed by atoms with Crippen LogP contribution >= 0.6 is 0 Å². The van der Waals surface area contributed by atoms with Crippen LogP contribution in [0.4, 0.5) is 5.69 Å². The third-order valence-electron chi connectivity index (χ3n) is 3.37. The average molecular weight is 269 g/mol. The maximum atomic E-state index is 8.96. The van der Waals surface area contributed by atoms with Crippen LogP contribution < -0.4 is 5.32 Å². The fourth-order valence-corrected chi connectivity index (χ4v) is 2.16. The van der Waals surface area contributed by atoms with Gasteiger partial charge in [0.05, 0.1) is 11.1 Å². The van der Waals surface area contributed by atoms with Gasteiger partial charge >= 0.3 is 0 Å². The molecule has 0 aliphatic heterocycles. The maximum Gasteiger partial charge on any atom is 0.101 e. The Balaban J connectivity index is 2.23. The van der Waals surface area contributed by atoms with E-state index in [9.17, 15) is 0 Å². The first kappa shape index (κ1) is 16.1. The molecule has 0 saturated carbocycles. The van der Waals surface area contributed by atoms with E-state index in [1.807, 2.05) is 12.1 Å². The zero-order valence-corrected chi connectivity index (χ0v) is 12.3. The van der Waals surface area contributed by atoms with E-state index in [0.717, 1.165) is 18.7 Å². The molecule has 1 aromatic rings. The molecule has 0 spiro atoms. The number of nitriles is 2. The number of benzene rings is 1. The molecule has 106 valence electrons. The van der Waals surface area contributed by atoms with Gasteiger partial charge < -0.3 is 5.32 Å². The van der Waals surface area contributed by atoms with Crippen LogP contribution in [0, 0.1) is 22.7 Å². The summed E-state index contributed by atoms with van der Waals surface area (Å²) in [5, 5.41) is 21.1. The van der Waals surface area contributed by atoms with Gasteiger partial charge in [0.2, 0.25) is 0 Å². The molecule has 0 fully saturated rings. The number of hydrogen-bond donors (Lipinski definition) is 1. The lowest BCUT2D eigenvalue weighted by Crippen LogP contribution is -2.02. The van der Waals surface area contributed by atoms with Crippen molar-refractivity contribution in [2.24, 2.45) is 0 Å². The van der Waals surface area contributed by atoms with Crippen molar-refractivity contribution in [3.63, 3.8) is 0 Å². The fourth-order valence-electron chi connectivity index (χ4n) is 2.16. The van der Waals surface area contributed by atoms with Crippen LogP contribution in [0.3, 0.4) is 0 Å². The number of rotatable bonds is 9. The lowest BCUT2D eigenvalue weighted by molar-refractivity contribution is 0.596. The number of nitrogens with one attached hydrogen (secondary N) is 1.